The minimum atomic E-state index is -0.710. The number of nitrogens with one attached hydrogen (secondary N) is 2. The number of para-hydroxylation sites is 1. The van der Waals surface area contributed by atoms with E-state index in [-0.39, 0.29) is 24.4 Å². The molecule has 2 heterocycles. The Kier molecular flexibility index (Phi) is 7.20. The quantitative estimate of drug-likeness (QED) is 0.511. The summed E-state index contributed by atoms with van der Waals surface area (Å²) < 4.78 is 15.9. The molecule has 0 unspecified atom stereocenters. The molecule has 1 aliphatic heterocycles. The van der Waals surface area contributed by atoms with E-state index in [2.05, 4.69) is 15.7 Å². The molecule has 196 valence electrons. The Morgan fingerprint density at radius 2 is 1.76 bits per heavy atom. The number of hydrogen-bond donors (Lipinski definition) is 2. The lowest BCUT2D eigenvalue weighted by molar-refractivity contribution is -0.131. The van der Waals surface area contributed by atoms with E-state index in [1.807, 2.05) is 46.8 Å². The zero-order chi connectivity index (χ0) is 26.9. The van der Waals surface area contributed by atoms with Gasteiger partial charge in [-0.05, 0) is 51.0 Å². The Labute approximate surface area is 215 Å². The van der Waals surface area contributed by atoms with Gasteiger partial charge in [0, 0.05) is 24.0 Å². The topological polar surface area (TPSA) is 99.6 Å². The molecular weight excluding hydrogens is 475 g/mol. The molecule has 0 saturated carbocycles. The molecule has 1 atom stereocenters. The highest BCUT2D eigenvalue weighted by Crippen LogP contribution is 2.31. The second-order valence-corrected chi connectivity index (χ2v) is 10.6. The molecule has 4 amide bonds. The van der Waals surface area contributed by atoms with E-state index in [9.17, 15) is 18.8 Å². The fourth-order valence-electron chi connectivity index (χ4n) is 4.41. The molecule has 1 aromatic heterocycles. The Morgan fingerprint density at radius 3 is 2.43 bits per heavy atom. The number of amides is 4. The van der Waals surface area contributed by atoms with E-state index in [1.54, 1.807) is 35.4 Å². The van der Waals surface area contributed by atoms with Crippen LogP contribution in [0.5, 0.6) is 0 Å². The zero-order valence-electron chi connectivity index (χ0n) is 21.8. The first-order valence-corrected chi connectivity index (χ1v) is 12.4. The van der Waals surface area contributed by atoms with Crippen LogP contribution < -0.4 is 15.5 Å². The van der Waals surface area contributed by atoms with Gasteiger partial charge in [0.15, 0.2) is 0 Å². The lowest BCUT2D eigenvalue weighted by Gasteiger charge is -2.28. The van der Waals surface area contributed by atoms with E-state index in [0.717, 1.165) is 0 Å². The first kappa shape index (κ1) is 26.1. The third-order valence-electron chi connectivity index (χ3n) is 6.16. The summed E-state index contributed by atoms with van der Waals surface area (Å²) in [6, 6.07) is 10.8. The maximum atomic E-state index is 14.4. The van der Waals surface area contributed by atoms with Crippen LogP contribution in [0.3, 0.4) is 0 Å². The minimum absolute atomic E-state index is 0.124. The fourth-order valence-corrected chi connectivity index (χ4v) is 4.41. The third-order valence-corrected chi connectivity index (χ3v) is 6.16. The molecule has 0 bridgehead atoms. The molecule has 0 aliphatic carbocycles. The number of nitrogens with zero attached hydrogens (tertiary/aromatic N) is 4. The molecule has 37 heavy (non-hydrogen) atoms. The summed E-state index contributed by atoms with van der Waals surface area (Å²) in [6.45, 7) is 9.92. The van der Waals surface area contributed by atoms with Crippen molar-refractivity contribution in [3.05, 3.63) is 54.5 Å². The first-order valence-electron chi connectivity index (χ1n) is 12.4. The van der Waals surface area contributed by atoms with Gasteiger partial charge in [0.05, 0.1) is 17.4 Å². The van der Waals surface area contributed by atoms with Crippen molar-refractivity contribution < 1.29 is 18.8 Å². The summed E-state index contributed by atoms with van der Waals surface area (Å²) in [5, 5.41) is 10.7. The van der Waals surface area contributed by atoms with Crippen molar-refractivity contribution in [2.75, 3.05) is 24.5 Å². The van der Waals surface area contributed by atoms with Crippen molar-refractivity contribution >= 4 is 34.4 Å². The second kappa shape index (κ2) is 10.2. The van der Waals surface area contributed by atoms with E-state index >= 15 is 0 Å². The van der Waals surface area contributed by atoms with Crippen molar-refractivity contribution in [2.45, 2.75) is 46.2 Å². The lowest BCUT2D eigenvalue weighted by Crippen LogP contribution is -2.55. The number of carbonyl (C=O) groups is 3. The number of anilines is 1. The van der Waals surface area contributed by atoms with Crippen LogP contribution >= 0.6 is 0 Å². The molecule has 1 saturated heterocycles. The van der Waals surface area contributed by atoms with Gasteiger partial charge in [-0.25, -0.2) is 13.9 Å². The van der Waals surface area contributed by atoms with Gasteiger partial charge in [0.25, 0.3) is 0 Å². The van der Waals surface area contributed by atoms with Crippen molar-refractivity contribution in [2.24, 2.45) is 5.92 Å². The maximum Gasteiger partial charge on any atom is 0.325 e. The lowest BCUT2D eigenvalue weighted by atomic mass is 10.0. The van der Waals surface area contributed by atoms with Crippen LogP contribution in [-0.4, -0.2) is 63.7 Å². The van der Waals surface area contributed by atoms with Crippen LogP contribution in [0.25, 0.3) is 16.6 Å². The van der Waals surface area contributed by atoms with Crippen LogP contribution in [0, 0.1) is 11.7 Å². The van der Waals surface area contributed by atoms with Crippen molar-refractivity contribution in [3.8, 4) is 5.69 Å². The van der Waals surface area contributed by atoms with E-state index < -0.39 is 23.3 Å². The van der Waals surface area contributed by atoms with Gasteiger partial charge >= 0.3 is 6.03 Å². The average Bonchev–Trinajstić information content (AvgIpc) is 3.40. The SMILES string of the molecule is CC(C)[C@H](NC(=O)CN1CCN(c2cccc3c2cnn3-c2ccccc2F)C1=O)C(=O)NC(C)(C)C. The predicted octanol–water partition coefficient (Wildman–Crippen LogP) is 3.46. The Bertz CT molecular complexity index is 1330. The molecule has 10 heteroatoms. The average molecular weight is 509 g/mol. The van der Waals surface area contributed by atoms with Crippen LogP contribution in [0.15, 0.2) is 48.7 Å². The number of carbonyl (C=O) groups excluding carboxylic acids is 3. The standard InChI is InChI=1S/C27H33FN6O3/c1-17(2)24(25(36)31-27(3,4)5)30-23(35)16-32-13-14-33(26(32)37)20-11-8-12-21-18(20)15-29-34(21)22-10-7-6-9-19(22)28/h6-12,15,17,24H,13-14,16H2,1-5H3,(H,30,35)(H,31,36)/t24-/m0/s1. The summed E-state index contributed by atoms with van der Waals surface area (Å²) in [5.41, 5.74) is 1.19. The zero-order valence-corrected chi connectivity index (χ0v) is 21.8. The number of fused-ring (bicyclic) bond motifs is 1. The molecule has 4 rings (SSSR count). The van der Waals surface area contributed by atoms with E-state index in [1.165, 1.54) is 15.6 Å². The highest BCUT2D eigenvalue weighted by Gasteiger charge is 2.34. The number of benzene rings is 2. The molecule has 1 aliphatic rings. The molecule has 1 fully saturated rings. The van der Waals surface area contributed by atoms with E-state index in [0.29, 0.717) is 35.4 Å². The van der Waals surface area contributed by atoms with Gasteiger partial charge in [-0.15, -0.1) is 0 Å². The molecular formula is C27H33FN6O3. The molecule has 0 radical (unpaired) electrons. The molecule has 9 nitrogen and oxygen atoms in total. The van der Waals surface area contributed by atoms with Crippen molar-refractivity contribution in [1.82, 2.24) is 25.3 Å². The van der Waals surface area contributed by atoms with Gasteiger partial charge in [-0.2, -0.15) is 5.10 Å². The Hall–Kier alpha value is -3.95. The Morgan fingerprint density at radius 1 is 1.05 bits per heavy atom. The molecule has 0 spiro atoms. The highest BCUT2D eigenvalue weighted by atomic mass is 19.1. The second-order valence-electron chi connectivity index (χ2n) is 10.6. The van der Waals surface area contributed by atoms with Crippen LogP contribution in [0.1, 0.15) is 34.6 Å². The fraction of sp³-hybridized carbons (Fsp3) is 0.407. The molecule has 3 aromatic rings. The van der Waals surface area contributed by atoms with Gasteiger partial charge in [0.2, 0.25) is 11.8 Å². The summed E-state index contributed by atoms with van der Waals surface area (Å²) in [7, 11) is 0. The summed E-state index contributed by atoms with van der Waals surface area (Å²) >= 11 is 0. The summed E-state index contributed by atoms with van der Waals surface area (Å²) in [5.74, 6) is -1.18. The third kappa shape index (κ3) is 5.58. The van der Waals surface area contributed by atoms with Crippen molar-refractivity contribution in [3.63, 3.8) is 0 Å². The van der Waals surface area contributed by atoms with Gasteiger partial charge in [-0.1, -0.05) is 32.0 Å². The number of urea groups is 1. The predicted molar refractivity (Wildman–Crippen MR) is 140 cm³/mol. The molecule has 2 aromatic carbocycles. The number of aromatic nitrogens is 2. The van der Waals surface area contributed by atoms with Crippen LogP contribution in [-0.2, 0) is 9.59 Å². The number of rotatable bonds is 7. The highest BCUT2D eigenvalue weighted by molar-refractivity contribution is 6.04. The largest absolute Gasteiger partial charge is 0.350 e. The van der Waals surface area contributed by atoms with Gasteiger partial charge in [0.1, 0.15) is 24.1 Å². The normalized spacial score (nSPS) is 14.9. The van der Waals surface area contributed by atoms with Gasteiger partial charge in [-0.3, -0.25) is 14.5 Å². The van der Waals surface area contributed by atoms with Gasteiger partial charge < -0.3 is 15.5 Å². The summed E-state index contributed by atoms with van der Waals surface area (Å²) in [6.07, 6.45) is 1.61. The smallest absolute Gasteiger partial charge is 0.325 e. The van der Waals surface area contributed by atoms with E-state index in [4.69, 9.17) is 0 Å². The molecule has 2 N–H and O–H groups in total. The maximum absolute atomic E-state index is 14.4. The minimum Gasteiger partial charge on any atom is -0.350 e. The number of halogens is 1. The van der Waals surface area contributed by atoms with Crippen LogP contribution in [0.4, 0.5) is 14.9 Å². The van der Waals surface area contributed by atoms with Crippen molar-refractivity contribution in [1.29, 1.82) is 0 Å². The Balaban J connectivity index is 1.49. The monoisotopic (exact) mass is 508 g/mol. The first-order chi connectivity index (χ1) is 17.5. The summed E-state index contributed by atoms with van der Waals surface area (Å²) in [4.78, 5) is 41.8. The van der Waals surface area contributed by atoms with Crippen LogP contribution in [0.2, 0.25) is 0 Å². The number of hydrogen-bond acceptors (Lipinski definition) is 4.